The standard InChI is InChI=1S/C23H17F2N3O3S2/c1-14-26-22(13-32-14)15-2-6-17(7-3-15)27-23(29)16-4-8-18(9-5-16)28-33(30,31)19-10-11-20(24)21(25)12-19/h2-13,28H,1H3,(H,27,29). The Morgan fingerprint density at radius 3 is 2.18 bits per heavy atom. The molecule has 0 unspecified atom stereocenters. The number of amides is 1. The summed E-state index contributed by atoms with van der Waals surface area (Å²) < 4.78 is 53.4. The first-order valence-corrected chi connectivity index (χ1v) is 12.0. The number of carbonyl (C=O) groups is 1. The molecular formula is C23H17F2N3O3S2. The Morgan fingerprint density at radius 2 is 1.58 bits per heavy atom. The van der Waals surface area contributed by atoms with E-state index in [-0.39, 0.29) is 11.6 Å². The smallest absolute Gasteiger partial charge is 0.261 e. The van der Waals surface area contributed by atoms with E-state index in [1.165, 1.54) is 24.3 Å². The molecule has 6 nitrogen and oxygen atoms in total. The SMILES string of the molecule is Cc1nc(-c2ccc(NC(=O)c3ccc(NS(=O)(=O)c4ccc(F)c(F)c4)cc3)cc2)cs1. The van der Waals surface area contributed by atoms with Crippen LogP contribution in [0.5, 0.6) is 0 Å². The van der Waals surface area contributed by atoms with Crippen molar-refractivity contribution in [2.24, 2.45) is 0 Å². The third-order valence-electron chi connectivity index (χ3n) is 4.66. The van der Waals surface area contributed by atoms with Crippen molar-refractivity contribution in [2.75, 3.05) is 10.0 Å². The van der Waals surface area contributed by atoms with Gasteiger partial charge in [-0.25, -0.2) is 22.2 Å². The van der Waals surface area contributed by atoms with Crippen molar-refractivity contribution in [1.29, 1.82) is 0 Å². The van der Waals surface area contributed by atoms with Gasteiger partial charge >= 0.3 is 0 Å². The molecule has 0 fully saturated rings. The number of hydrogen-bond acceptors (Lipinski definition) is 5. The summed E-state index contributed by atoms with van der Waals surface area (Å²) in [5.74, 6) is -2.78. The zero-order valence-corrected chi connectivity index (χ0v) is 18.8. The van der Waals surface area contributed by atoms with Gasteiger partial charge in [-0.2, -0.15) is 0 Å². The van der Waals surface area contributed by atoms with Gasteiger partial charge in [0.15, 0.2) is 11.6 Å². The second-order valence-electron chi connectivity index (χ2n) is 7.04. The molecule has 0 radical (unpaired) electrons. The molecule has 2 N–H and O–H groups in total. The van der Waals surface area contributed by atoms with E-state index in [0.29, 0.717) is 17.3 Å². The highest BCUT2D eigenvalue weighted by Crippen LogP contribution is 2.24. The summed E-state index contributed by atoms with van der Waals surface area (Å²) in [6, 6.07) is 15.3. The predicted molar refractivity (Wildman–Crippen MR) is 124 cm³/mol. The van der Waals surface area contributed by atoms with Crippen LogP contribution in [-0.2, 0) is 10.0 Å². The summed E-state index contributed by atoms with van der Waals surface area (Å²) >= 11 is 1.56. The zero-order chi connectivity index (χ0) is 23.6. The Hall–Kier alpha value is -3.63. The van der Waals surface area contributed by atoms with Gasteiger partial charge in [0, 0.05) is 27.9 Å². The van der Waals surface area contributed by atoms with Crippen LogP contribution in [0.1, 0.15) is 15.4 Å². The minimum atomic E-state index is -4.12. The average molecular weight is 486 g/mol. The van der Waals surface area contributed by atoms with E-state index in [9.17, 15) is 22.0 Å². The molecule has 168 valence electrons. The highest BCUT2D eigenvalue weighted by Gasteiger charge is 2.17. The number of sulfonamides is 1. The summed E-state index contributed by atoms with van der Waals surface area (Å²) in [5.41, 5.74) is 2.88. The number of rotatable bonds is 6. The van der Waals surface area contributed by atoms with Gasteiger partial charge < -0.3 is 5.32 Å². The summed E-state index contributed by atoms with van der Waals surface area (Å²) in [5, 5.41) is 5.71. The summed E-state index contributed by atoms with van der Waals surface area (Å²) in [6.07, 6.45) is 0. The molecule has 33 heavy (non-hydrogen) atoms. The predicted octanol–water partition coefficient (Wildman–Crippen LogP) is 5.45. The fourth-order valence-corrected chi connectivity index (χ4v) is 4.66. The molecule has 4 aromatic rings. The van der Waals surface area contributed by atoms with E-state index in [0.717, 1.165) is 28.4 Å². The molecule has 0 saturated heterocycles. The van der Waals surface area contributed by atoms with Gasteiger partial charge in [-0.3, -0.25) is 9.52 Å². The van der Waals surface area contributed by atoms with Crippen LogP contribution in [0.15, 0.2) is 77.0 Å². The molecule has 1 heterocycles. The van der Waals surface area contributed by atoms with Crippen molar-refractivity contribution in [3.05, 3.63) is 94.3 Å². The summed E-state index contributed by atoms with van der Waals surface area (Å²) in [6.45, 7) is 1.93. The molecule has 1 aromatic heterocycles. The van der Waals surface area contributed by atoms with Gasteiger partial charge in [-0.05, 0) is 61.5 Å². The third kappa shape index (κ3) is 5.24. The van der Waals surface area contributed by atoms with Gasteiger partial charge in [0.1, 0.15) is 0 Å². The second kappa shape index (κ2) is 9.08. The van der Waals surface area contributed by atoms with Gasteiger partial charge in [-0.1, -0.05) is 12.1 Å². The van der Waals surface area contributed by atoms with Crippen LogP contribution in [0.4, 0.5) is 20.2 Å². The van der Waals surface area contributed by atoms with Crippen LogP contribution < -0.4 is 10.0 Å². The Bertz CT molecular complexity index is 1420. The number of nitrogens with zero attached hydrogens (tertiary/aromatic N) is 1. The van der Waals surface area contributed by atoms with Crippen molar-refractivity contribution in [2.45, 2.75) is 11.8 Å². The van der Waals surface area contributed by atoms with E-state index >= 15 is 0 Å². The number of aryl methyl sites for hydroxylation is 1. The lowest BCUT2D eigenvalue weighted by Crippen LogP contribution is -2.14. The number of anilines is 2. The number of thiazole rings is 1. The highest BCUT2D eigenvalue weighted by atomic mass is 32.2. The van der Waals surface area contributed by atoms with Crippen LogP contribution in [0.2, 0.25) is 0 Å². The van der Waals surface area contributed by atoms with Crippen LogP contribution in [0.25, 0.3) is 11.3 Å². The Balaban J connectivity index is 1.42. The number of aromatic nitrogens is 1. The molecule has 0 aliphatic rings. The first kappa shape index (κ1) is 22.6. The minimum absolute atomic E-state index is 0.166. The maximum Gasteiger partial charge on any atom is 0.261 e. The van der Waals surface area contributed by atoms with Gasteiger partial charge in [0.2, 0.25) is 0 Å². The van der Waals surface area contributed by atoms with Gasteiger partial charge in [0.25, 0.3) is 15.9 Å². The fraction of sp³-hybridized carbons (Fsp3) is 0.0435. The maximum atomic E-state index is 13.4. The Kier molecular flexibility index (Phi) is 6.21. The lowest BCUT2D eigenvalue weighted by Gasteiger charge is -2.10. The van der Waals surface area contributed by atoms with E-state index in [1.54, 1.807) is 23.5 Å². The molecule has 0 bridgehead atoms. The number of benzene rings is 3. The van der Waals surface area contributed by atoms with Crippen molar-refractivity contribution in [3.8, 4) is 11.3 Å². The van der Waals surface area contributed by atoms with Crippen molar-refractivity contribution in [3.63, 3.8) is 0 Å². The average Bonchev–Trinajstić information content (AvgIpc) is 3.22. The quantitative estimate of drug-likeness (QED) is 0.380. The van der Waals surface area contributed by atoms with Crippen LogP contribution in [-0.4, -0.2) is 19.3 Å². The first-order chi connectivity index (χ1) is 15.7. The molecule has 0 aliphatic carbocycles. The zero-order valence-electron chi connectivity index (χ0n) is 17.2. The topological polar surface area (TPSA) is 88.2 Å². The van der Waals surface area contributed by atoms with Crippen molar-refractivity contribution in [1.82, 2.24) is 4.98 Å². The lowest BCUT2D eigenvalue weighted by atomic mass is 10.1. The largest absolute Gasteiger partial charge is 0.322 e. The van der Waals surface area contributed by atoms with Crippen LogP contribution >= 0.6 is 11.3 Å². The molecule has 4 rings (SSSR count). The number of hydrogen-bond donors (Lipinski definition) is 2. The van der Waals surface area contributed by atoms with E-state index < -0.39 is 26.6 Å². The minimum Gasteiger partial charge on any atom is -0.322 e. The van der Waals surface area contributed by atoms with E-state index in [4.69, 9.17) is 0 Å². The maximum absolute atomic E-state index is 13.4. The van der Waals surface area contributed by atoms with Gasteiger partial charge in [0.05, 0.1) is 15.6 Å². The molecule has 0 atom stereocenters. The van der Waals surface area contributed by atoms with Crippen LogP contribution in [0.3, 0.4) is 0 Å². The highest BCUT2D eigenvalue weighted by molar-refractivity contribution is 7.92. The summed E-state index contributed by atoms with van der Waals surface area (Å²) in [7, 11) is -4.12. The Morgan fingerprint density at radius 1 is 0.909 bits per heavy atom. The fourth-order valence-electron chi connectivity index (χ4n) is 2.97. The van der Waals surface area contributed by atoms with Gasteiger partial charge in [-0.15, -0.1) is 11.3 Å². The molecule has 0 spiro atoms. The van der Waals surface area contributed by atoms with Crippen LogP contribution in [0, 0.1) is 18.6 Å². The molecule has 0 saturated carbocycles. The summed E-state index contributed by atoms with van der Waals surface area (Å²) in [4.78, 5) is 16.5. The van der Waals surface area contributed by atoms with E-state index in [1.807, 2.05) is 24.4 Å². The molecule has 0 aliphatic heterocycles. The number of carbonyl (C=O) groups excluding carboxylic acids is 1. The first-order valence-electron chi connectivity index (χ1n) is 9.63. The van der Waals surface area contributed by atoms with E-state index in [2.05, 4.69) is 15.0 Å². The number of halogens is 2. The molecule has 1 amide bonds. The molecule has 3 aromatic carbocycles. The normalized spacial score (nSPS) is 11.2. The third-order valence-corrected chi connectivity index (χ3v) is 6.81. The van der Waals surface area contributed by atoms with Crippen molar-refractivity contribution >= 4 is 38.6 Å². The van der Waals surface area contributed by atoms with Crippen molar-refractivity contribution < 1.29 is 22.0 Å². The second-order valence-corrected chi connectivity index (χ2v) is 9.79. The Labute approximate surface area is 193 Å². The monoisotopic (exact) mass is 485 g/mol. The lowest BCUT2D eigenvalue weighted by molar-refractivity contribution is 0.102. The number of nitrogens with one attached hydrogen (secondary N) is 2. The molecule has 10 heteroatoms. The molecular weight excluding hydrogens is 468 g/mol.